The molecule has 2 aliphatic rings. The fourth-order valence-electron chi connectivity index (χ4n) is 2.17. The van der Waals surface area contributed by atoms with Crippen molar-refractivity contribution in [1.82, 2.24) is 5.32 Å². The fourth-order valence-corrected chi connectivity index (χ4v) is 2.17. The highest BCUT2D eigenvalue weighted by Gasteiger charge is 2.54. The molecule has 0 aromatic heterocycles. The molecule has 1 saturated heterocycles. The Morgan fingerprint density at radius 1 is 1.36 bits per heavy atom. The van der Waals surface area contributed by atoms with Crippen LogP contribution in [0.4, 0.5) is 0 Å². The third-order valence-corrected chi connectivity index (χ3v) is 3.20. The summed E-state index contributed by atoms with van der Waals surface area (Å²) in [6, 6.07) is 0. The Morgan fingerprint density at radius 2 is 1.91 bits per heavy atom. The van der Waals surface area contributed by atoms with Gasteiger partial charge in [-0.15, -0.1) is 0 Å². The van der Waals surface area contributed by atoms with Crippen molar-refractivity contribution in [2.24, 2.45) is 5.92 Å². The summed E-state index contributed by atoms with van der Waals surface area (Å²) < 4.78 is 0. The summed E-state index contributed by atoms with van der Waals surface area (Å²) >= 11 is 0. The normalized spacial score (nSPS) is 38.5. The molecule has 0 aromatic rings. The molecular formula is C9H15NO. The van der Waals surface area contributed by atoms with Crippen LogP contribution in [0, 0.1) is 5.92 Å². The lowest BCUT2D eigenvalue weighted by atomic mass is 9.80. The van der Waals surface area contributed by atoms with Gasteiger partial charge in [-0.2, -0.15) is 0 Å². The number of rotatable bonds is 1. The van der Waals surface area contributed by atoms with Crippen LogP contribution < -0.4 is 5.32 Å². The first-order chi connectivity index (χ1) is 5.23. The molecule has 0 unspecified atom stereocenters. The third-order valence-electron chi connectivity index (χ3n) is 3.20. The largest absolute Gasteiger partial charge is 0.340 e. The summed E-state index contributed by atoms with van der Waals surface area (Å²) in [5.41, 5.74) is -0.111. The van der Waals surface area contributed by atoms with Crippen LogP contribution in [-0.4, -0.2) is 11.4 Å². The zero-order valence-electron chi connectivity index (χ0n) is 7.02. The molecule has 62 valence electrons. The van der Waals surface area contributed by atoms with Crippen molar-refractivity contribution in [2.75, 3.05) is 0 Å². The van der Waals surface area contributed by atoms with Gasteiger partial charge < -0.3 is 5.32 Å². The van der Waals surface area contributed by atoms with Crippen molar-refractivity contribution in [2.45, 2.75) is 44.6 Å². The van der Waals surface area contributed by atoms with Crippen LogP contribution >= 0.6 is 0 Å². The molecule has 0 spiro atoms. The Hall–Kier alpha value is -0.530. The highest BCUT2D eigenvalue weighted by atomic mass is 16.2. The van der Waals surface area contributed by atoms with E-state index in [-0.39, 0.29) is 11.4 Å². The predicted octanol–water partition coefficient (Wildman–Crippen LogP) is 1.46. The summed E-state index contributed by atoms with van der Waals surface area (Å²) in [7, 11) is 0. The minimum Gasteiger partial charge on any atom is -0.340 e. The van der Waals surface area contributed by atoms with Gasteiger partial charge in [0, 0.05) is 0 Å². The van der Waals surface area contributed by atoms with E-state index < -0.39 is 0 Å². The summed E-state index contributed by atoms with van der Waals surface area (Å²) in [4.78, 5) is 11.0. The van der Waals surface area contributed by atoms with Crippen LogP contribution in [0.2, 0.25) is 0 Å². The van der Waals surface area contributed by atoms with E-state index in [1.165, 1.54) is 32.1 Å². The summed E-state index contributed by atoms with van der Waals surface area (Å²) in [6.45, 7) is 2.05. The Balaban J connectivity index is 1.99. The monoisotopic (exact) mass is 153 g/mol. The molecule has 2 heteroatoms. The maximum atomic E-state index is 11.0. The van der Waals surface area contributed by atoms with Crippen molar-refractivity contribution in [3.63, 3.8) is 0 Å². The van der Waals surface area contributed by atoms with Gasteiger partial charge in [-0.1, -0.05) is 19.3 Å². The lowest BCUT2D eigenvalue weighted by molar-refractivity contribution is -0.112. The Bertz CT molecular complexity index is 184. The summed E-state index contributed by atoms with van der Waals surface area (Å²) in [5.74, 6) is 0.896. The topological polar surface area (TPSA) is 39.0 Å². The zero-order valence-corrected chi connectivity index (χ0v) is 7.02. The molecule has 2 rings (SSSR count). The van der Waals surface area contributed by atoms with Gasteiger partial charge >= 0.3 is 0 Å². The van der Waals surface area contributed by atoms with Gasteiger partial charge in [-0.05, 0) is 25.7 Å². The maximum Gasteiger partial charge on any atom is 0.246 e. The Kier molecular flexibility index (Phi) is 1.44. The second-order valence-corrected chi connectivity index (χ2v) is 3.99. The second-order valence-electron chi connectivity index (χ2n) is 3.99. The number of amides is 1. The van der Waals surface area contributed by atoms with Crippen LogP contribution in [0.1, 0.15) is 39.0 Å². The molecule has 1 atom stereocenters. The molecule has 2 fully saturated rings. The van der Waals surface area contributed by atoms with Crippen LogP contribution in [0.3, 0.4) is 0 Å². The Labute approximate surface area is 67.4 Å². The third kappa shape index (κ3) is 1.05. The number of carbonyl (C=O) groups is 1. The first-order valence-corrected chi connectivity index (χ1v) is 4.56. The average molecular weight is 153 g/mol. The highest BCUT2D eigenvalue weighted by molar-refractivity contribution is 6.01. The van der Waals surface area contributed by atoms with Crippen LogP contribution in [0.15, 0.2) is 0 Å². The molecule has 0 bridgehead atoms. The lowest BCUT2D eigenvalue weighted by Crippen LogP contribution is -2.26. The molecule has 1 aliphatic carbocycles. The summed E-state index contributed by atoms with van der Waals surface area (Å²) in [5, 5.41) is 2.94. The molecule has 1 saturated carbocycles. The number of hydrogen-bond acceptors (Lipinski definition) is 1. The Morgan fingerprint density at radius 3 is 2.36 bits per heavy atom. The van der Waals surface area contributed by atoms with Crippen LogP contribution in [-0.2, 0) is 4.79 Å². The average Bonchev–Trinajstić information content (AvgIpc) is 2.64. The number of hydrogen-bond donors (Lipinski definition) is 1. The van der Waals surface area contributed by atoms with Crippen molar-refractivity contribution in [3.8, 4) is 0 Å². The van der Waals surface area contributed by atoms with Crippen LogP contribution in [0.5, 0.6) is 0 Å². The zero-order chi connectivity index (χ0) is 7.90. The maximum absolute atomic E-state index is 11.0. The number of nitrogens with one attached hydrogen (secondary N) is 1. The predicted molar refractivity (Wildman–Crippen MR) is 43.1 cm³/mol. The van der Waals surface area contributed by atoms with E-state index in [2.05, 4.69) is 5.32 Å². The minimum atomic E-state index is -0.111. The van der Waals surface area contributed by atoms with E-state index in [4.69, 9.17) is 0 Å². The van der Waals surface area contributed by atoms with E-state index in [0.717, 1.165) is 0 Å². The quantitative estimate of drug-likeness (QED) is 0.569. The molecule has 2 nitrogen and oxygen atoms in total. The van der Waals surface area contributed by atoms with Gasteiger partial charge in [0.15, 0.2) is 0 Å². The molecule has 11 heavy (non-hydrogen) atoms. The van der Waals surface area contributed by atoms with Gasteiger partial charge in [-0.25, -0.2) is 0 Å². The smallest absolute Gasteiger partial charge is 0.246 e. The lowest BCUT2D eigenvalue weighted by Gasteiger charge is -2.24. The van der Waals surface area contributed by atoms with Gasteiger partial charge in [0.2, 0.25) is 5.91 Å². The number of carbonyl (C=O) groups excluding carboxylic acids is 1. The van der Waals surface area contributed by atoms with E-state index in [1.54, 1.807) is 0 Å². The molecule has 1 amide bonds. The first kappa shape index (κ1) is 7.14. The van der Waals surface area contributed by atoms with Crippen LogP contribution in [0.25, 0.3) is 0 Å². The van der Waals surface area contributed by atoms with Gasteiger partial charge in [-0.3, -0.25) is 4.79 Å². The first-order valence-electron chi connectivity index (χ1n) is 4.56. The van der Waals surface area contributed by atoms with E-state index >= 15 is 0 Å². The van der Waals surface area contributed by atoms with Crippen molar-refractivity contribution < 1.29 is 4.79 Å². The highest BCUT2D eigenvalue weighted by Crippen LogP contribution is 2.38. The van der Waals surface area contributed by atoms with Crippen molar-refractivity contribution >= 4 is 5.91 Å². The van der Waals surface area contributed by atoms with Crippen molar-refractivity contribution in [3.05, 3.63) is 0 Å². The van der Waals surface area contributed by atoms with E-state index in [1.807, 2.05) is 6.92 Å². The van der Waals surface area contributed by atoms with Gasteiger partial charge in [0.05, 0.1) is 0 Å². The molecule has 1 heterocycles. The van der Waals surface area contributed by atoms with Gasteiger partial charge in [0.1, 0.15) is 5.54 Å². The molecule has 1 N–H and O–H groups in total. The molecule has 0 radical (unpaired) electrons. The van der Waals surface area contributed by atoms with E-state index in [0.29, 0.717) is 5.92 Å². The van der Waals surface area contributed by atoms with Crippen molar-refractivity contribution in [1.29, 1.82) is 0 Å². The molecular weight excluding hydrogens is 138 g/mol. The molecule has 1 aliphatic heterocycles. The minimum absolute atomic E-state index is 0.111. The molecule has 0 aromatic carbocycles. The van der Waals surface area contributed by atoms with E-state index in [9.17, 15) is 4.79 Å². The SMILES string of the molecule is C[C@@]1(C2CCCCC2)NC1=O. The second kappa shape index (κ2) is 2.23. The summed E-state index contributed by atoms with van der Waals surface area (Å²) in [6.07, 6.45) is 6.48. The van der Waals surface area contributed by atoms with Gasteiger partial charge in [0.25, 0.3) is 0 Å². The fraction of sp³-hybridized carbons (Fsp3) is 0.889. The standard InChI is InChI=1S/C9H15NO/c1-9(8(11)10-9)7-5-3-2-4-6-7/h7H,2-6H2,1H3,(H,10,11)/t9-/m0/s1.